The third-order valence-corrected chi connectivity index (χ3v) is 4.94. The second kappa shape index (κ2) is 6.76. The lowest BCUT2D eigenvalue weighted by Gasteiger charge is -2.11. The van der Waals surface area contributed by atoms with Crippen molar-refractivity contribution < 1.29 is 13.2 Å². The molecule has 0 saturated carbocycles. The summed E-state index contributed by atoms with van der Waals surface area (Å²) in [7, 11) is 0. The van der Waals surface area contributed by atoms with Crippen molar-refractivity contribution in [3.05, 3.63) is 65.2 Å². The Bertz CT molecular complexity index is 973. The standard InChI is InChI=1S/C21H20F3N3/c1-14-7-2-3-11-18(14)27-20-17(10-4-5-12-25-20)19(26-27)15-8-6-9-16(13-15)21(22,23)24/h2-3,6-9,11,13,25H,4-5,10,12H2,1H3. The highest BCUT2D eigenvalue weighted by Crippen LogP contribution is 2.37. The summed E-state index contributed by atoms with van der Waals surface area (Å²) in [6.45, 7) is 2.83. The van der Waals surface area contributed by atoms with Crippen LogP contribution in [0.25, 0.3) is 16.9 Å². The Morgan fingerprint density at radius 1 is 1.04 bits per heavy atom. The minimum Gasteiger partial charge on any atom is -0.370 e. The molecule has 27 heavy (non-hydrogen) atoms. The molecular weight excluding hydrogens is 351 g/mol. The molecule has 1 aliphatic heterocycles. The van der Waals surface area contributed by atoms with Crippen LogP contribution in [0, 0.1) is 6.92 Å². The average Bonchev–Trinajstić information content (AvgIpc) is 2.83. The molecule has 0 atom stereocenters. The zero-order valence-corrected chi connectivity index (χ0v) is 15.0. The van der Waals surface area contributed by atoms with E-state index in [1.165, 1.54) is 12.1 Å². The van der Waals surface area contributed by atoms with Crippen molar-refractivity contribution in [3.8, 4) is 16.9 Å². The van der Waals surface area contributed by atoms with E-state index in [-0.39, 0.29) is 0 Å². The van der Waals surface area contributed by atoms with Crippen molar-refractivity contribution in [2.45, 2.75) is 32.4 Å². The smallest absolute Gasteiger partial charge is 0.370 e. The molecule has 2 aromatic carbocycles. The van der Waals surface area contributed by atoms with Crippen LogP contribution in [0.4, 0.5) is 19.0 Å². The van der Waals surface area contributed by atoms with Crippen molar-refractivity contribution >= 4 is 5.82 Å². The molecule has 0 bridgehead atoms. The number of benzene rings is 2. The summed E-state index contributed by atoms with van der Waals surface area (Å²) in [5.74, 6) is 0.884. The maximum atomic E-state index is 13.2. The van der Waals surface area contributed by atoms with E-state index in [2.05, 4.69) is 5.32 Å². The molecule has 2 heterocycles. The minimum absolute atomic E-state index is 0.497. The summed E-state index contributed by atoms with van der Waals surface area (Å²) in [5, 5.41) is 8.18. The lowest BCUT2D eigenvalue weighted by molar-refractivity contribution is -0.137. The van der Waals surface area contributed by atoms with E-state index in [0.717, 1.165) is 54.5 Å². The highest BCUT2D eigenvalue weighted by Gasteiger charge is 2.31. The lowest BCUT2D eigenvalue weighted by Crippen LogP contribution is -2.08. The number of rotatable bonds is 2. The fourth-order valence-corrected chi connectivity index (χ4v) is 3.55. The summed E-state index contributed by atoms with van der Waals surface area (Å²) in [6, 6.07) is 13.3. The van der Waals surface area contributed by atoms with Gasteiger partial charge in [-0.05, 0) is 49.9 Å². The fraction of sp³-hybridized carbons (Fsp3) is 0.286. The van der Waals surface area contributed by atoms with Gasteiger partial charge >= 0.3 is 6.18 Å². The Morgan fingerprint density at radius 2 is 1.85 bits per heavy atom. The molecule has 4 rings (SSSR count). The number of anilines is 1. The number of aryl methyl sites for hydroxylation is 1. The van der Waals surface area contributed by atoms with E-state index < -0.39 is 11.7 Å². The van der Waals surface area contributed by atoms with Gasteiger partial charge in [0.25, 0.3) is 0 Å². The largest absolute Gasteiger partial charge is 0.416 e. The molecule has 140 valence electrons. The van der Waals surface area contributed by atoms with Gasteiger partial charge in [0, 0.05) is 17.7 Å². The number of halogens is 3. The predicted molar refractivity (Wildman–Crippen MR) is 100 cm³/mol. The van der Waals surface area contributed by atoms with Crippen molar-refractivity contribution in [1.82, 2.24) is 9.78 Å². The number of aromatic nitrogens is 2. The molecule has 3 nitrogen and oxygen atoms in total. The summed E-state index contributed by atoms with van der Waals surface area (Å²) >= 11 is 0. The second-order valence-electron chi connectivity index (χ2n) is 6.84. The number of para-hydroxylation sites is 1. The van der Waals surface area contributed by atoms with E-state index in [4.69, 9.17) is 5.10 Å². The maximum absolute atomic E-state index is 13.2. The van der Waals surface area contributed by atoms with E-state index in [0.29, 0.717) is 11.3 Å². The first-order valence-electron chi connectivity index (χ1n) is 9.04. The van der Waals surface area contributed by atoms with Crippen LogP contribution >= 0.6 is 0 Å². The van der Waals surface area contributed by atoms with E-state index in [9.17, 15) is 13.2 Å². The van der Waals surface area contributed by atoms with Gasteiger partial charge in [-0.25, -0.2) is 4.68 Å². The minimum atomic E-state index is -4.37. The molecule has 0 unspecified atom stereocenters. The second-order valence-corrected chi connectivity index (χ2v) is 6.84. The van der Waals surface area contributed by atoms with Crippen molar-refractivity contribution in [2.24, 2.45) is 0 Å². The first-order chi connectivity index (χ1) is 12.9. The molecule has 0 spiro atoms. The highest BCUT2D eigenvalue weighted by atomic mass is 19.4. The normalized spacial score (nSPS) is 14.4. The van der Waals surface area contributed by atoms with Gasteiger partial charge in [-0.3, -0.25) is 0 Å². The molecule has 1 N–H and O–H groups in total. The Kier molecular flexibility index (Phi) is 4.42. The topological polar surface area (TPSA) is 29.9 Å². The van der Waals surface area contributed by atoms with Gasteiger partial charge in [0.2, 0.25) is 0 Å². The number of fused-ring (bicyclic) bond motifs is 1. The van der Waals surface area contributed by atoms with Crippen LogP contribution in [0.2, 0.25) is 0 Å². The quantitative estimate of drug-likeness (QED) is 0.634. The summed E-state index contributed by atoms with van der Waals surface area (Å²) in [4.78, 5) is 0. The molecule has 0 saturated heterocycles. The van der Waals surface area contributed by atoms with Gasteiger partial charge in [0.05, 0.1) is 16.9 Å². The first kappa shape index (κ1) is 17.6. The van der Waals surface area contributed by atoms with Gasteiger partial charge in [-0.2, -0.15) is 18.3 Å². The Morgan fingerprint density at radius 3 is 2.63 bits per heavy atom. The molecular formula is C21H20F3N3. The zero-order valence-electron chi connectivity index (χ0n) is 15.0. The van der Waals surface area contributed by atoms with Crippen LogP contribution in [-0.2, 0) is 12.6 Å². The Labute approximate surface area is 155 Å². The van der Waals surface area contributed by atoms with E-state index in [1.54, 1.807) is 6.07 Å². The van der Waals surface area contributed by atoms with Gasteiger partial charge in [-0.15, -0.1) is 0 Å². The first-order valence-corrected chi connectivity index (χ1v) is 9.04. The van der Waals surface area contributed by atoms with Crippen LogP contribution in [0.5, 0.6) is 0 Å². The van der Waals surface area contributed by atoms with Crippen LogP contribution < -0.4 is 5.32 Å². The molecule has 0 fully saturated rings. The molecule has 0 radical (unpaired) electrons. The molecule has 1 aromatic heterocycles. The lowest BCUT2D eigenvalue weighted by atomic mass is 10.0. The van der Waals surface area contributed by atoms with Crippen LogP contribution in [0.1, 0.15) is 29.5 Å². The van der Waals surface area contributed by atoms with Gasteiger partial charge in [-0.1, -0.05) is 30.3 Å². The monoisotopic (exact) mass is 371 g/mol. The fourth-order valence-electron chi connectivity index (χ4n) is 3.55. The summed E-state index contributed by atoms with van der Waals surface area (Å²) < 4.78 is 41.4. The molecule has 0 amide bonds. The van der Waals surface area contributed by atoms with E-state index >= 15 is 0 Å². The number of hydrogen-bond donors (Lipinski definition) is 1. The molecule has 0 aliphatic carbocycles. The van der Waals surface area contributed by atoms with Crippen molar-refractivity contribution in [3.63, 3.8) is 0 Å². The molecule has 6 heteroatoms. The van der Waals surface area contributed by atoms with Crippen molar-refractivity contribution in [2.75, 3.05) is 11.9 Å². The van der Waals surface area contributed by atoms with Gasteiger partial charge in [0.15, 0.2) is 0 Å². The maximum Gasteiger partial charge on any atom is 0.416 e. The summed E-state index contributed by atoms with van der Waals surface area (Å²) in [5.41, 5.74) is 3.44. The van der Waals surface area contributed by atoms with Crippen molar-refractivity contribution in [1.29, 1.82) is 0 Å². The third kappa shape index (κ3) is 3.31. The number of alkyl halides is 3. The Hall–Kier alpha value is -2.76. The molecule has 1 aliphatic rings. The number of nitrogens with zero attached hydrogens (tertiary/aromatic N) is 2. The SMILES string of the molecule is Cc1ccccc1-n1nc(-c2cccc(C(F)(F)F)c2)c2c1NCCCC2. The van der Waals surface area contributed by atoms with Gasteiger partial charge in [0.1, 0.15) is 5.82 Å². The van der Waals surface area contributed by atoms with E-state index in [1.807, 2.05) is 35.9 Å². The predicted octanol–water partition coefficient (Wildman–Crippen LogP) is 5.61. The highest BCUT2D eigenvalue weighted by molar-refractivity contribution is 5.72. The Balaban J connectivity index is 1.91. The van der Waals surface area contributed by atoms with Crippen LogP contribution in [0.3, 0.4) is 0 Å². The van der Waals surface area contributed by atoms with Crippen LogP contribution in [-0.4, -0.2) is 16.3 Å². The number of nitrogens with one attached hydrogen (secondary N) is 1. The number of hydrogen-bond acceptors (Lipinski definition) is 2. The van der Waals surface area contributed by atoms with Gasteiger partial charge < -0.3 is 5.32 Å². The molecule has 3 aromatic rings. The summed E-state index contributed by atoms with van der Waals surface area (Å²) in [6.07, 6.45) is -1.58. The zero-order chi connectivity index (χ0) is 19.0. The average molecular weight is 371 g/mol. The van der Waals surface area contributed by atoms with Crippen LogP contribution in [0.15, 0.2) is 48.5 Å². The third-order valence-electron chi connectivity index (χ3n) is 4.94.